The van der Waals surface area contributed by atoms with Crippen LogP contribution in [0.4, 0.5) is 17.6 Å². The van der Waals surface area contributed by atoms with Gasteiger partial charge in [0.1, 0.15) is 18.5 Å². The van der Waals surface area contributed by atoms with Gasteiger partial charge < -0.3 is 0 Å². The molecule has 60 valence electrons. The fourth-order valence-electron chi connectivity index (χ4n) is 1.07. The molecule has 0 aromatic heterocycles. The summed E-state index contributed by atoms with van der Waals surface area (Å²) in [5.41, 5.74) is 0. The largest absolute Gasteiger partial charge is 0.247 e. The highest BCUT2D eigenvalue weighted by Gasteiger charge is 2.38. The summed E-state index contributed by atoms with van der Waals surface area (Å²) in [6, 6.07) is 0. The van der Waals surface area contributed by atoms with Gasteiger partial charge in [-0.25, -0.2) is 17.6 Å². The molecule has 0 aliphatic heterocycles. The molecule has 0 amide bonds. The summed E-state index contributed by atoms with van der Waals surface area (Å²) in [5.74, 6) is 0. The van der Waals surface area contributed by atoms with Crippen LogP contribution in [0.2, 0.25) is 0 Å². The van der Waals surface area contributed by atoms with E-state index < -0.39 is 37.5 Å². The van der Waals surface area contributed by atoms with E-state index in [1.54, 1.807) is 0 Å². The Morgan fingerprint density at radius 3 is 1.60 bits per heavy atom. The number of alkyl halides is 4. The fourth-order valence-corrected chi connectivity index (χ4v) is 1.07. The Morgan fingerprint density at radius 1 is 0.800 bits per heavy atom. The maximum Gasteiger partial charge on any atom is 0.162 e. The van der Waals surface area contributed by atoms with Gasteiger partial charge in [-0.1, -0.05) is 0 Å². The van der Waals surface area contributed by atoms with Crippen molar-refractivity contribution < 1.29 is 17.6 Å². The first-order chi connectivity index (χ1) is 4.61. The first kappa shape index (κ1) is 7.82. The minimum absolute atomic E-state index is 0.498. The molecule has 4 heteroatoms. The van der Waals surface area contributed by atoms with E-state index in [1.807, 2.05) is 0 Å². The normalized spacial score (nSPS) is 49.2. The maximum absolute atomic E-state index is 12.2. The Balaban J connectivity index is 2.49. The van der Waals surface area contributed by atoms with Gasteiger partial charge in [-0.2, -0.15) is 0 Å². The molecule has 1 rings (SSSR count). The van der Waals surface area contributed by atoms with E-state index in [1.165, 1.54) is 0 Å². The number of rotatable bonds is 0. The van der Waals surface area contributed by atoms with Crippen molar-refractivity contribution in [2.75, 3.05) is 0 Å². The van der Waals surface area contributed by atoms with Gasteiger partial charge in [-0.15, -0.1) is 0 Å². The molecule has 10 heavy (non-hydrogen) atoms. The summed E-state index contributed by atoms with van der Waals surface area (Å²) in [5, 5.41) is 0. The second-order valence-corrected chi connectivity index (χ2v) is 2.55. The van der Waals surface area contributed by atoms with Crippen LogP contribution < -0.4 is 0 Å². The quantitative estimate of drug-likeness (QED) is 0.471. The molecule has 0 N–H and O–H groups in total. The molecule has 0 aromatic rings. The molecular weight excluding hydrogens is 148 g/mol. The topological polar surface area (TPSA) is 0 Å². The Bertz CT molecular complexity index is 104. The third-order valence-electron chi connectivity index (χ3n) is 1.65. The zero-order chi connectivity index (χ0) is 7.72. The molecule has 0 aromatic carbocycles. The van der Waals surface area contributed by atoms with Crippen LogP contribution >= 0.6 is 0 Å². The first-order valence-corrected chi connectivity index (χ1v) is 3.17. The van der Waals surface area contributed by atoms with Gasteiger partial charge in [-0.05, 0) is 0 Å². The summed E-state index contributed by atoms with van der Waals surface area (Å²) in [7, 11) is 0. The zero-order valence-corrected chi connectivity index (χ0v) is 5.24. The average Bonchev–Trinajstić information content (AvgIpc) is 1.82. The lowest BCUT2D eigenvalue weighted by atomic mass is 9.94. The average molecular weight is 156 g/mol. The Morgan fingerprint density at radius 2 is 1.20 bits per heavy atom. The smallest absolute Gasteiger partial charge is 0.162 e. The van der Waals surface area contributed by atoms with Gasteiger partial charge in [0.15, 0.2) is 6.17 Å². The van der Waals surface area contributed by atoms with Crippen molar-refractivity contribution in [2.24, 2.45) is 0 Å². The monoisotopic (exact) mass is 156 g/mol. The predicted molar refractivity (Wildman–Crippen MR) is 28.8 cm³/mol. The molecule has 1 fully saturated rings. The molecule has 2 unspecified atom stereocenters. The van der Waals surface area contributed by atoms with Crippen LogP contribution in [0.1, 0.15) is 12.8 Å². The lowest BCUT2D eigenvalue weighted by Crippen LogP contribution is -2.37. The molecular formula is C6H8F4. The van der Waals surface area contributed by atoms with Gasteiger partial charge in [0.25, 0.3) is 0 Å². The maximum atomic E-state index is 12.2. The Labute approximate surface area is 56.2 Å². The molecule has 1 aliphatic carbocycles. The first-order valence-electron chi connectivity index (χ1n) is 3.17. The molecule has 0 radical (unpaired) electrons. The summed E-state index contributed by atoms with van der Waals surface area (Å²) in [6.07, 6.45) is -8.55. The van der Waals surface area contributed by atoms with E-state index in [0.29, 0.717) is 0 Å². The highest BCUT2D eigenvalue weighted by Crippen LogP contribution is 2.28. The van der Waals surface area contributed by atoms with Crippen LogP contribution in [0.25, 0.3) is 0 Å². The van der Waals surface area contributed by atoms with E-state index >= 15 is 0 Å². The van der Waals surface area contributed by atoms with Crippen LogP contribution in [0, 0.1) is 0 Å². The van der Waals surface area contributed by atoms with Crippen LogP contribution in [-0.4, -0.2) is 24.7 Å². The van der Waals surface area contributed by atoms with Crippen molar-refractivity contribution in [1.29, 1.82) is 0 Å². The minimum atomic E-state index is -2.12. The van der Waals surface area contributed by atoms with Crippen LogP contribution in [0.15, 0.2) is 0 Å². The second-order valence-electron chi connectivity index (χ2n) is 2.55. The SMILES string of the molecule is FC1CC(F)C(F)C(F)C1. The highest BCUT2D eigenvalue weighted by atomic mass is 19.2. The van der Waals surface area contributed by atoms with Gasteiger partial charge in [0.05, 0.1) is 0 Å². The predicted octanol–water partition coefficient (Wildman–Crippen LogP) is 2.13. The third-order valence-corrected chi connectivity index (χ3v) is 1.65. The lowest BCUT2D eigenvalue weighted by Gasteiger charge is -2.25. The Kier molecular flexibility index (Phi) is 2.16. The Hall–Kier alpha value is -0.280. The summed E-state index contributed by atoms with van der Waals surface area (Å²) in [4.78, 5) is 0. The minimum Gasteiger partial charge on any atom is -0.247 e. The van der Waals surface area contributed by atoms with Crippen LogP contribution in [0.5, 0.6) is 0 Å². The zero-order valence-electron chi connectivity index (χ0n) is 5.24. The highest BCUT2D eigenvalue weighted by molar-refractivity contribution is 4.86. The summed E-state index contributed by atoms with van der Waals surface area (Å²) < 4.78 is 48.9. The van der Waals surface area contributed by atoms with Gasteiger partial charge >= 0.3 is 0 Å². The van der Waals surface area contributed by atoms with Gasteiger partial charge in [-0.3, -0.25) is 0 Å². The molecule has 0 heterocycles. The van der Waals surface area contributed by atoms with Gasteiger partial charge in [0.2, 0.25) is 0 Å². The van der Waals surface area contributed by atoms with Crippen molar-refractivity contribution in [2.45, 2.75) is 37.5 Å². The molecule has 0 saturated heterocycles. The third kappa shape index (κ3) is 1.41. The van der Waals surface area contributed by atoms with Crippen molar-refractivity contribution in [3.05, 3.63) is 0 Å². The van der Waals surface area contributed by atoms with Crippen molar-refractivity contribution >= 4 is 0 Å². The molecule has 0 nitrogen and oxygen atoms in total. The van der Waals surface area contributed by atoms with Crippen LogP contribution in [-0.2, 0) is 0 Å². The van der Waals surface area contributed by atoms with E-state index in [4.69, 9.17) is 0 Å². The molecule has 1 saturated carbocycles. The summed E-state index contributed by atoms with van der Waals surface area (Å²) in [6.45, 7) is 0. The van der Waals surface area contributed by atoms with E-state index in [-0.39, 0.29) is 0 Å². The van der Waals surface area contributed by atoms with E-state index in [9.17, 15) is 17.6 Å². The number of halogens is 4. The van der Waals surface area contributed by atoms with E-state index in [0.717, 1.165) is 0 Å². The number of hydrogen-bond donors (Lipinski definition) is 0. The number of hydrogen-bond acceptors (Lipinski definition) is 0. The molecule has 0 bridgehead atoms. The molecule has 1 aliphatic rings. The molecule has 0 spiro atoms. The molecule has 2 atom stereocenters. The van der Waals surface area contributed by atoms with Crippen molar-refractivity contribution in [3.8, 4) is 0 Å². The van der Waals surface area contributed by atoms with Gasteiger partial charge in [0, 0.05) is 12.8 Å². The standard InChI is InChI=1S/C6H8F4/c7-3-1-4(8)6(10)5(9)2-3/h3-6H,1-2H2. The summed E-state index contributed by atoms with van der Waals surface area (Å²) >= 11 is 0. The van der Waals surface area contributed by atoms with Crippen molar-refractivity contribution in [1.82, 2.24) is 0 Å². The van der Waals surface area contributed by atoms with E-state index in [2.05, 4.69) is 0 Å². The lowest BCUT2D eigenvalue weighted by molar-refractivity contribution is 0.00755. The van der Waals surface area contributed by atoms with Crippen molar-refractivity contribution in [3.63, 3.8) is 0 Å². The second kappa shape index (κ2) is 2.76. The van der Waals surface area contributed by atoms with Crippen LogP contribution in [0.3, 0.4) is 0 Å². The fraction of sp³-hybridized carbons (Fsp3) is 1.00.